The van der Waals surface area contributed by atoms with Gasteiger partial charge in [-0.2, -0.15) is 5.26 Å². The Morgan fingerprint density at radius 3 is 2.73 bits per heavy atom. The molecule has 0 bridgehead atoms. The lowest BCUT2D eigenvalue weighted by atomic mass is 10.2. The normalized spacial score (nSPS) is 25.9. The van der Waals surface area contributed by atoms with Crippen molar-refractivity contribution in [3.8, 4) is 6.07 Å². The molecule has 1 saturated heterocycles. The lowest BCUT2D eigenvalue weighted by molar-refractivity contribution is -0.149. The van der Waals surface area contributed by atoms with Gasteiger partial charge < -0.3 is 9.84 Å². The predicted molar refractivity (Wildman–Crippen MR) is 51.9 cm³/mol. The molecule has 0 saturated carbocycles. The van der Waals surface area contributed by atoms with Crippen molar-refractivity contribution in [2.45, 2.75) is 19.1 Å². The molecule has 1 fully saturated rings. The number of aliphatic carboxylic acids is 1. The Balaban J connectivity index is 2.97. The quantitative estimate of drug-likeness (QED) is 0.610. The summed E-state index contributed by atoms with van der Waals surface area (Å²) in [5.74, 6) is -1.72. The van der Waals surface area contributed by atoms with Gasteiger partial charge in [0.05, 0.1) is 12.7 Å². The molecule has 7 heteroatoms. The van der Waals surface area contributed by atoms with E-state index in [-0.39, 0.29) is 11.6 Å². The number of carbonyl (C=O) groups excluding carboxylic acids is 1. The Bertz CT molecular complexity index is 362. The summed E-state index contributed by atoms with van der Waals surface area (Å²) in [4.78, 5) is 22.7. The van der Waals surface area contributed by atoms with E-state index in [1.165, 1.54) is 6.92 Å². The van der Waals surface area contributed by atoms with Crippen LogP contribution in [0.25, 0.3) is 0 Å². The molecule has 1 amide bonds. The van der Waals surface area contributed by atoms with Crippen LogP contribution in [-0.4, -0.2) is 45.6 Å². The van der Waals surface area contributed by atoms with Crippen molar-refractivity contribution < 1.29 is 19.4 Å². The van der Waals surface area contributed by atoms with Crippen molar-refractivity contribution in [1.29, 1.82) is 5.26 Å². The van der Waals surface area contributed by atoms with Crippen LogP contribution in [0.4, 0.5) is 0 Å². The molecule has 1 aliphatic rings. The third-order valence-electron chi connectivity index (χ3n) is 1.91. The van der Waals surface area contributed by atoms with E-state index < -0.39 is 24.0 Å². The zero-order valence-corrected chi connectivity index (χ0v) is 8.65. The number of rotatable bonds is 1. The lowest BCUT2D eigenvalue weighted by Gasteiger charge is -2.34. The smallest absolute Gasteiger partial charge is 0.339 e. The summed E-state index contributed by atoms with van der Waals surface area (Å²) in [6.45, 7) is 1.08. The van der Waals surface area contributed by atoms with Gasteiger partial charge in [0.2, 0.25) is 12.0 Å². The van der Waals surface area contributed by atoms with Gasteiger partial charge in [-0.3, -0.25) is 9.69 Å². The number of nitrogens with zero attached hydrogens (tertiary/aromatic N) is 2. The van der Waals surface area contributed by atoms with Gasteiger partial charge in [-0.1, -0.05) is 12.2 Å². The van der Waals surface area contributed by atoms with Gasteiger partial charge in [-0.05, 0) is 0 Å². The summed E-state index contributed by atoms with van der Waals surface area (Å²) in [5.41, 5.74) is 0. The highest BCUT2D eigenvalue weighted by atomic mass is 32.1. The predicted octanol–water partition coefficient (Wildman–Crippen LogP) is -0.462. The maximum absolute atomic E-state index is 11.2. The highest BCUT2D eigenvalue weighted by Gasteiger charge is 2.39. The molecular formula is C8H8N2O4S. The molecule has 0 aromatic rings. The molecule has 2 unspecified atom stereocenters. The highest BCUT2D eigenvalue weighted by molar-refractivity contribution is 7.80. The topological polar surface area (TPSA) is 90.6 Å². The number of carbonyl (C=O) groups is 2. The molecule has 0 aliphatic carbocycles. The van der Waals surface area contributed by atoms with Gasteiger partial charge in [0.15, 0.2) is 0 Å². The minimum atomic E-state index is -1.33. The van der Waals surface area contributed by atoms with Crippen LogP contribution in [0.1, 0.15) is 6.92 Å². The maximum Gasteiger partial charge on any atom is 0.339 e. The van der Waals surface area contributed by atoms with E-state index in [0.29, 0.717) is 0 Å². The number of morpholine rings is 1. The largest absolute Gasteiger partial charge is 0.479 e. The fourth-order valence-electron chi connectivity index (χ4n) is 1.26. The average Bonchev–Trinajstić information content (AvgIpc) is 2.15. The van der Waals surface area contributed by atoms with Gasteiger partial charge in [0, 0.05) is 6.92 Å². The number of ether oxygens (including phenoxy) is 1. The minimum absolute atomic E-state index is 0.146. The lowest BCUT2D eigenvalue weighted by Crippen LogP contribution is -2.56. The van der Waals surface area contributed by atoms with Gasteiger partial charge in [-0.15, -0.1) is 0 Å². The van der Waals surface area contributed by atoms with Gasteiger partial charge in [-0.25, -0.2) is 4.79 Å². The molecule has 1 aliphatic heterocycles. The fourth-order valence-corrected chi connectivity index (χ4v) is 1.68. The zero-order valence-electron chi connectivity index (χ0n) is 7.84. The average molecular weight is 228 g/mol. The van der Waals surface area contributed by atoms with E-state index >= 15 is 0 Å². The van der Waals surface area contributed by atoms with Crippen molar-refractivity contribution in [3.05, 3.63) is 0 Å². The Hall–Kier alpha value is -1.52. The Morgan fingerprint density at radius 1 is 1.73 bits per heavy atom. The molecule has 1 heterocycles. The summed E-state index contributed by atoms with van der Waals surface area (Å²) < 4.78 is 4.88. The summed E-state index contributed by atoms with van der Waals surface area (Å²) in [6, 6.07) is 0.983. The molecule has 2 atom stereocenters. The molecule has 0 aromatic carbocycles. The third-order valence-corrected chi connectivity index (χ3v) is 2.32. The molecule has 1 N–H and O–H groups in total. The van der Waals surface area contributed by atoms with Crippen molar-refractivity contribution in [2.24, 2.45) is 0 Å². The molecule has 0 aromatic heterocycles. The summed E-state index contributed by atoms with van der Waals surface area (Å²) in [6.07, 6.45) is -1.33. The molecule has 6 nitrogen and oxygen atoms in total. The van der Waals surface area contributed by atoms with Crippen LogP contribution < -0.4 is 0 Å². The van der Waals surface area contributed by atoms with E-state index in [9.17, 15) is 9.59 Å². The van der Waals surface area contributed by atoms with Crippen LogP contribution in [0.5, 0.6) is 0 Å². The molecule has 1 rings (SSSR count). The van der Waals surface area contributed by atoms with E-state index in [2.05, 4.69) is 0 Å². The Labute approximate surface area is 91.0 Å². The van der Waals surface area contributed by atoms with Crippen LogP contribution in [0.3, 0.4) is 0 Å². The van der Waals surface area contributed by atoms with Crippen molar-refractivity contribution in [1.82, 2.24) is 4.90 Å². The van der Waals surface area contributed by atoms with Crippen LogP contribution in [0, 0.1) is 11.3 Å². The Kier molecular flexibility index (Phi) is 3.34. The SMILES string of the molecule is CC(=O)N1C(=S)C(C(=O)O)OCC1C#N. The van der Waals surface area contributed by atoms with Crippen molar-refractivity contribution in [2.75, 3.05) is 6.61 Å². The summed E-state index contributed by atoms with van der Waals surface area (Å²) in [5, 5.41) is 17.5. The maximum atomic E-state index is 11.2. The number of hydrogen-bond donors (Lipinski definition) is 1. The summed E-state index contributed by atoms with van der Waals surface area (Å²) >= 11 is 4.79. The molecule has 0 radical (unpaired) electrons. The number of amides is 1. The first-order valence-electron chi connectivity index (χ1n) is 4.06. The second kappa shape index (κ2) is 4.33. The second-order valence-electron chi connectivity index (χ2n) is 2.92. The first-order chi connectivity index (χ1) is 6.99. The second-order valence-corrected chi connectivity index (χ2v) is 3.34. The van der Waals surface area contributed by atoms with E-state index in [1.54, 1.807) is 0 Å². The number of nitriles is 1. The first-order valence-corrected chi connectivity index (χ1v) is 4.47. The minimum Gasteiger partial charge on any atom is -0.479 e. The summed E-state index contributed by atoms with van der Waals surface area (Å²) in [7, 11) is 0. The van der Waals surface area contributed by atoms with Crippen molar-refractivity contribution in [3.63, 3.8) is 0 Å². The number of hydrogen-bond acceptors (Lipinski definition) is 5. The molecule has 80 valence electrons. The van der Waals surface area contributed by atoms with Gasteiger partial charge >= 0.3 is 5.97 Å². The molecule has 15 heavy (non-hydrogen) atoms. The van der Waals surface area contributed by atoms with E-state index in [1.807, 2.05) is 6.07 Å². The monoisotopic (exact) mass is 228 g/mol. The zero-order chi connectivity index (χ0) is 11.6. The van der Waals surface area contributed by atoms with Crippen LogP contribution in [0.2, 0.25) is 0 Å². The molecule has 0 spiro atoms. The van der Waals surface area contributed by atoms with E-state index in [4.69, 9.17) is 27.3 Å². The molecular weight excluding hydrogens is 220 g/mol. The van der Waals surface area contributed by atoms with Gasteiger partial charge in [0.25, 0.3) is 0 Å². The fraction of sp³-hybridized carbons (Fsp3) is 0.500. The van der Waals surface area contributed by atoms with Crippen LogP contribution >= 0.6 is 12.2 Å². The standard InChI is InChI=1S/C8H8N2O4S/c1-4(11)10-5(2-9)3-14-6(7(10)15)8(12)13/h5-6H,3H2,1H3,(H,12,13). The first kappa shape index (κ1) is 11.6. The van der Waals surface area contributed by atoms with E-state index in [0.717, 1.165) is 4.90 Å². The Morgan fingerprint density at radius 2 is 2.33 bits per heavy atom. The highest BCUT2D eigenvalue weighted by Crippen LogP contribution is 2.15. The third kappa shape index (κ3) is 2.11. The number of thiocarbonyl (C=S) groups is 1. The van der Waals surface area contributed by atoms with Gasteiger partial charge in [0.1, 0.15) is 11.0 Å². The number of carboxylic acids is 1. The van der Waals surface area contributed by atoms with Crippen molar-refractivity contribution >= 4 is 29.1 Å². The van der Waals surface area contributed by atoms with Crippen LogP contribution in [0.15, 0.2) is 0 Å². The van der Waals surface area contributed by atoms with Crippen LogP contribution in [-0.2, 0) is 14.3 Å². The number of carboxylic acid groups (broad SMARTS) is 1.